The number of hydrogen-bond donors (Lipinski definition) is 1. The lowest BCUT2D eigenvalue weighted by Crippen LogP contribution is -2.62. The molecule has 154 valence electrons. The number of H-pyrrole nitrogens is 1. The molecule has 6 rings (SSSR count). The lowest BCUT2D eigenvalue weighted by Gasteiger charge is -2.47. The van der Waals surface area contributed by atoms with Gasteiger partial charge in [0.25, 0.3) is 0 Å². The molecule has 0 spiro atoms. The summed E-state index contributed by atoms with van der Waals surface area (Å²) in [5.41, 5.74) is 4.15. The molecule has 0 aliphatic carbocycles. The molecule has 0 unspecified atom stereocenters. The number of piperazine rings is 1. The number of aromatic amines is 1. The van der Waals surface area contributed by atoms with Gasteiger partial charge in [0.15, 0.2) is 0 Å². The third-order valence-electron chi connectivity index (χ3n) is 6.38. The average Bonchev–Trinajstić information content (AvgIpc) is 3.44. The van der Waals surface area contributed by atoms with Gasteiger partial charge >= 0.3 is 0 Å². The third-order valence-corrected chi connectivity index (χ3v) is 6.38. The zero-order valence-electron chi connectivity index (χ0n) is 16.8. The van der Waals surface area contributed by atoms with E-state index in [1.165, 1.54) is 0 Å². The van der Waals surface area contributed by atoms with E-state index in [2.05, 4.69) is 11.1 Å². The van der Waals surface area contributed by atoms with Crippen LogP contribution < -0.4 is 0 Å². The van der Waals surface area contributed by atoms with Gasteiger partial charge in [-0.05, 0) is 29.3 Å². The van der Waals surface area contributed by atoms with E-state index in [4.69, 9.17) is 4.42 Å². The highest BCUT2D eigenvalue weighted by atomic mass is 16.3. The molecule has 2 aliphatic rings. The zero-order chi connectivity index (χ0) is 20.9. The maximum atomic E-state index is 13.6. The molecule has 1 saturated heterocycles. The van der Waals surface area contributed by atoms with Crippen molar-refractivity contribution in [2.24, 2.45) is 0 Å². The van der Waals surface area contributed by atoms with Crippen LogP contribution in [0.2, 0.25) is 0 Å². The van der Waals surface area contributed by atoms with Crippen molar-refractivity contribution in [3.63, 3.8) is 0 Å². The van der Waals surface area contributed by atoms with Crippen LogP contribution in [0.3, 0.4) is 0 Å². The lowest BCUT2D eigenvalue weighted by molar-refractivity contribution is -0.159. The van der Waals surface area contributed by atoms with Crippen LogP contribution in [0, 0.1) is 0 Å². The molecular weight excluding hydrogens is 390 g/mol. The zero-order valence-corrected chi connectivity index (χ0v) is 16.8. The van der Waals surface area contributed by atoms with E-state index >= 15 is 0 Å². The van der Waals surface area contributed by atoms with Crippen LogP contribution in [0.1, 0.15) is 28.6 Å². The summed E-state index contributed by atoms with van der Waals surface area (Å²) >= 11 is 0. The van der Waals surface area contributed by atoms with Gasteiger partial charge in [-0.3, -0.25) is 9.59 Å². The normalized spacial score (nSPS) is 20.8. The number of aromatic nitrogens is 1. The standard InChI is InChI=1S/C25H21N3O3/c29-22-15-27(14-17-9-6-12-31-17)25(30)21-13-19-18-10-4-5-11-20(18)26-23(19)24(28(21)22)16-7-2-1-3-8-16/h1-12,21,24,26H,13-15H2/t21-,24+/m0/s1. The number of amides is 2. The van der Waals surface area contributed by atoms with Gasteiger partial charge < -0.3 is 19.2 Å². The first kappa shape index (κ1) is 18.0. The number of fused-ring (bicyclic) bond motifs is 4. The predicted molar refractivity (Wildman–Crippen MR) is 115 cm³/mol. The van der Waals surface area contributed by atoms with E-state index in [1.54, 1.807) is 22.1 Å². The van der Waals surface area contributed by atoms with Crippen molar-refractivity contribution in [1.82, 2.24) is 14.8 Å². The SMILES string of the molecule is O=C1[C@@H]2Cc3c([nH]c4ccccc34)[C@@H](c3ccccc3)N2C(=O)CN1Cc1ccco1. The van der Waals surface area contributed by atoms with E-state index in [1.807, 2.05) is 54.6 Å². The molecule has 4 aromatic rings. The van der Waals surface area contributed by atoms with Crippen LogP contribution in [0.25, 0.3) is 10.9 Å². The molecule has 31 heavy (non-hydrogen) atoms. The van der Waals surface area contributed by atoms with Crippen molar-refractivity contribution in [3.8, 4) is 0 Å². The molecule has 1 fully saturated rings. The van der Waals surface area contributed by atoms with E-state index in [-0.39, 0.29) is 24.4 Å². The summed E-state index contributed by atoms with van der Waals surface area (Å²) < 4.78 is 5.42. The minimum atomic E-state index is -0.534. The molecular formula is C25H21N3O3. The number of nitrogens with zero attached hydrogens (tertiary/aromatic N) is 2. The van der Waals surface area contributed by atoms with Gasteiger partial charge in [0, 0.05) is 23.0 Å². The van der Waals surface area contributed by atoms with E-state index < -0.39 is 6.04 Å². The van der Waals surface area contributed by atoms with Crippen molar-refractivity contribution in [2.75, 3.05) is 6.54 Å². The topological polar surface area (TPSA) is 69.6 Å². The highest BCUT2D eigenvalue weighted by Crippen LogP contribution is 2.42. The molecule has 6 nitrogen and oxygen atoms in total. The number of furan rings is 1. The molecule has 2 amide bonds. The Kier molecular flexibility index (Phi) is 3.99. The van der Waals surface area contributed by atoms with E-state index in [9.17, 15) is 9.59 Å². The van der Waals surface area contributed by atoms with Crippen LogP contribution in [0.4, 0.5) is 0 Å². The first-order valence-electron chi connectivity index (χ1n) is 10.5. The van der Waals surface area contributed by atoms with Gasteiger partial charge in [0.2, 0.25) is 11.8 Å². The smallest absolute Gasteiger partial charge is 0.246 e. The van der Waals surface area contributed by atoms with Crippen molar-refractivity contribution in [3.05, 3.63) is 95.6 Å². The van der Waals surface area contributed by atoms with Gasteiger partial charge in [0.05, 0.1) is 18.8 Å². The molecule has 0 saturated carbocycles. The number of benzene rings is 2. The largest absolute Gasteiger partial charge is 0.467 e. The second-order valence-electron chi connectivity index (χ2n) is 8.17. The second kappa shape index (κ2) is 6.87. The number of rotatable bonds is 3. The van der Waals surface area contributed by atoms with Gasteiger partial charge in [-0.2, -0.15) is 0 Å². The number of nitrogens with one attached hydrogen (secondary N) is 1. The average molecular weight is 411 g/mol. The van der Waals surface area contributed by atoms with Gasteiger partial charge in [0.1, 0.15) is 18.3 Å². The highest BCUT2D eigenvalue weighted by molar-refractivity contribution is 5.97. The Morgan fingerprint density at radius 2 is 1.77 bits per heavy atom. The summed E-state index contributed by atoms with van der Waals surface area (Å²) in [5, 5.41) is 1.11. The van der Waals surface area contributed by atoms with E-state index in [0.717, 1.165) is 27.7 Å². The summed E-state index contributed by atoms with van der Waals surface area (Å²) in [6.07, 6.45) is 2.09. The molecule has 1 N–H and O–H groups in total. The molecule has 4 heterocycles. The molecule has 2 atom stereocenters. The monoisotopic (exact) mass is 411 g/mol. The van der Waals surface area contributed by atoms with Crippen molar-refractivity contribution in [1.29, 1.82) is 0 Å². The third kappa shape index (κ3) is 2.79. The predicted octanol–water partition coefficient (Wildman–Crippen LogP) is 3.65. The Labute approximate surface area is 179 Å². The Morgan fingerprint density at radius 1 is 0.968 bits per heavy atom. The van der Waals surface area contributed by atoms with Crippen LogP contribution in [0.15, 0.2) is 77.4 Å². The fourth-order valence-corrected chi connectivity index (χ4v) is 5.03. The Bertz CT molecular complexity index is 1280. The molecule has 0 bridgehead atoms. The quantitative estimate of drug-likeness (QED) is 0.560. The van der Waals surface area contributed by atoms with Gasteiger partial charge in [-0.25, -0.2) is 0 Å². The minimum Gasteiger partial charge on any atom is -0.467 e. The summed E-state index contributed by atoms with van der Waals surface area (Å²) in [6.45, 7) is 0.355. The summed E-state index contributed by atoms with van der Waals surface area (Å²) in [6, 6.07) is 20.9. The maximum absolute atomic E-state index is 13.6. The fraction of sp³-hybridized carbons (Fsp3) is 0.200. The summed E-state index contributed by atoms with van der Waals surface area (Å²) in [5.74, 6) is 0.597. The van der Waals surface area contributed by atoms with Crippen LogP contribution in [-0.4, -0.2) is 39.2 Å². The Morgan fingerprint density at radius 3 is 2.58 bits per heavy atom. The lowest BCUT2D eigenvalue weighted by atomic mass is 9.86. The molecule has 6 heteroatoms. The van der Waals surface area contributed by atoms with Crippen molar-refractivity contribution >= 4 is 22.7 Å². The molecule has 2 aromatic carbocycles. The Balaban J connectivity index is 1.48. The van der Waals surface area contributed by atoms with Gasteiger partial charge in [-0.15, -0.1) is 0 Å². The van der Waals surface area contributed by atoms with Crippen molar-refractivity contribution < 1.29 is 14.0 Å². The summed E-state index contributed by atoms with van der Waals surface area (Å²) in [7, 11) is 0. The minimum absolute atomic E-state index is 0.0344. The number of carbonyl (C=O) groups excluding carboxylic acids is 2. The fourth-order valence-electron chi connectivity index (χ4n) is 5.03. The second-order valence-corrected chi connectivity index (χ2v) is 8.17. The molecule has 0 radical (unpaired) electrons. The Hall–Kier alpha value is -3.80. The first-order valence-corrected chi connectivity index (χ1v) is 10.5. The summed E-state index contributed by atoms with van der Waals surface area (Å²) in [4.78, 5) is 33.9. The molecule has 2 aliphatic heterocycles. The van der Waals surface area contributed by atoms with Gasteiger partial charge in [-0.1, -0.05) is 48.5 Å². The van der Waals surface area contributed by atoms with Crippen LogP contribution >= 0.6 is 0 Å². The van der Waals surface area contributed by atoms with Crippen molar-refractivity contribution in [2.45, 2.75) is 25.0 Å². The van der Waals surface area contributed by atoms with Crippen LogP contribution in [-0.2, 0) is 22.6 Å². The van der Waals surface area contributed by atoms with Crippen LogP contribution in [0.5, 0.6) is 0 Å². The number of para-hydroxylation sites is 1. The number of hydrogen-bond acceptors (Lipinski definition) is 3. The van der Waals surface area contributed by atoms with E-state index in [0.29, 0.717) is 18.7 Å². The number of carbonyl (C=O) groups is 2. The maximum Gasteiger partial charge on any atom is 0.246 e. The molecule has 2 aromatic heterocycles. The highest BCUT2D eigenvalue weighted by Gasteiger charge is 2.48. The first-order chi connectivity index (χ1) is 15.2.